The number of hydrogen-bond donors (Lipinski definition) is 1. The summed E-state index contributed by atoms with van der Waals surface area (Å²) in [5.74, 6) is 1.81. The third-order valence-electron chi connectivity index (χ3n) is 3.47. The minimum atomic E-state index is 0.215. The van der Waals surface area contributed by atoms with Crippen LogP contribution in [-0.4, -0.2) is 10.2 Å². The fourth-order valence-corrected chi connectivity index (χ4v) is 2.18. The molecule has 0 aliphatic heterocycles. The summed E-state index contributed by atoms with van der Waals surface area (Å²) in [4.78, 5) is 0. The van der Waals surface area contributed by atoms with E-state index in [0.717, 1.165) is 5.75 Å². The van der Waals surface area contributed by atoms with Crippen molar-refractivity contribution in [1.29, 1.82) is 0 Å². The molecule has 0 aliphatic carbocycles. The molecule has 0 saturated carbocycles. The molecule has 3 aromatic rings. The van der Waals surface area contributed by atoms with E-state index in [9.17, 15) is 0 Å². The Morgan fingerprint density at radius 3 is 2.35 bits per heavy atom. The number of rotatable bonds is 7. The molecule has 1 heterocycles. The van der Waals surface area contributed by atoms with Crippen LogP contribution in [0.2, 0.25) is 0 Å². The third kappa shape index (κ3) is 4.40. The normalized spacial score (nSPS) is 12.0. The molecule has 118 valence electrons. The Bertz CT molecular complexity index is 713. The van der Waals surface area contributed by atoms with Gasteiger partial charge in [-0.1, -0.05) is 48.5 Å². The average molecular weight is 309 g/mol. The van der Waals surface area contributed by atoms with E-state index in [1.807, 2.05) is 48.5 Å². The molecular weight excluding hydrogens is 290 g/mol. The first-order chi connectivity index (χ1) is 11.3. The maximum atomic E-state index is 5.58. The van der Waals surface area contributed by atoms with Crippen molar-refractivity contribution >= 4 is 0 Å². The highest BCUT2D eigenvalue weighted by Crippen LogP contribution is 2.13. The fourth-order valence-electron chi connectivity index (χ4n) is 2.18. The highest BCUT2D eigenvalue weighted by atomic mass is 16.5. The fraction of sp³-hybridized carbons (Fsp3) is 0.222. The van der Waals surface area contributed by atoms with E-state index in [4.69, 9.17) is 9.15 Å². The second-order valence-electron chi connectivity index (χ2n) is 5.20. The SMILES string of the molecule is CC(NCc1nnc(COc2ccccc2)o1)c1ccccc1. The van der Waals surface area contributed by atoms with Crippen molar-refractivity contribution in [2.24, 2.45) is 0 Å². The van der Waals surface area contributed by atoms with Crippen molar-refractivity contribution in [3.05, 3.63) is 78.0 Å². The highest BCUT2D eigenvalue weighted by Gasteiger charge is 2.09. The van der Waals surface area contributed by atoms with E-state index in [1.165, 1.54) is 5.56 Å². The van der Waals surface area contributed by atoms with Crippen LogP contribution in [0.4, 0.5) is 0 Å². The smallest absolute Gasteiger partial charge is 0.253 e. The van der Waals surface area contributed by atoms with Gasteiger partial charge >= 0.3 is 0 Å². The van der Waals surface area contributed by atoms with Crippen molar-refractivity contribution in [3.8, 4) is 5.75 Å². The zero-order chi connectivity index (χ0) is 15.9. The van der Waals surface area contributed by atoms with Gasteiger partial charge in [0.25, 0.3) is 5.89 Å². The molecule has 0 bridgehead atoms. The van der Waals surface area contributed by atoms with Crippen molar-refractivity contribution < 1.29 is 9.15 Å². The molecule has 0 radical (unpaired) electrons. The van der Waals surface area contributed by atoms with Gasteiger partial charge in [-0.15, -0.1) is 10.2 Å². The number of nitrogens with one attached hydrogen (secondary N) is 1. The molecule has 1 N–H and O–H groups in total. The second kappa shape index (κ2) is 7.56. The topological polar surface area (TPSA) is 60.2 Å². The zero-order valence-electron chi connectivity index (χ0n) is 13.0. The van der Waals surface area contributed by atoms with E-state index < -0.39 is 0 Å². The van der Waals surface area contributed by atoms with Gasteiger partial charge in [-0.3, -0.25) is 0 Å². The van der Waals surface area contributed by atoms with E-state index in [-0.39, 0.29) is 12.6 Å². The van der Waals surface area contributed by atoms with Crippen LogP contribution in [0.25, 0.3) is 0 Å². The molecule has 5 nitrogen and oxygen atoms in total. The number of benzene rings is 2. The van der Waals surface area contributed by atoms with Crippen molar-refractivity contribution in [2.45, 2.75) is 26.1 Å². The maximum absolute atomic E-state index is 5.58. The third-order valence-corrected chi connectivity index (χ3v) is 3.47. The Morgan fingerprint density at radius 2 is 1.61 bits per heavy atom. The van der Waals surface area contributed by atoms with E-state index in [0.29, 0.717) is 18.3 Å². The van der Waals surface area contributed by atoms with Crippen LogP contribution < -0.4 is 10.1 Å². The number of hydrogen-bond acceptors (Lipinski definition) is 5. The molecule has 1 unspecified atom stereocenters. The molecule has 23 heavy (non-hydrogen) atoms. The first-order valence-electron chi connectivity index (χ1n) is 7.58. The molecule has 0 fully saturated rings. The molecule has 0 amide bonds. The second-order valence-corrected chi connectivity index (χ2v) is 5.20. The van der Waals surface area contributed by atoms with Crippen LogP contribution in [0.15, 0.2) is 65.1 Å². The van der Waals surface area contributed by atoms with Gasteiger partial charge in [-0.25, -0.2) is 0 Å². The van der Waals surface area contributed by atoms with Crippen molar-refractivity contribution in [1.82, 2.24) is 15.5 Å². The first-order valence-corrected chi connectivity index (χ1v) is 7.58. The summed E-state index contributed by atoms with van der Waals surface area (Å²) in [6, 6.07) is 20.0. The van der Waals surface area contributed by atoms with Crippen LogP contribution in [0.3, 0.4) is 0 Å². The Hall–Kier alpha value is -2.66. The average Bonchev–Trinajstić information content (AvgIpc) is 3.07. The van der Waals surface area contributed by atoms with Gasteiger partial charge in [-0.2, -0.15) is 0 Å². The lowest BCUT2D eigenvalue weighted by atomic mass is 10.1. The first kappa shape index (κ1) is 15.2. The number of para-hydroxylation sites is 1. The molecule has 1 atom stereocenters. The van der Waals surface area contributed by atoms with E-state index >= 15 is 0 Å². The van der Waals surface area contributed by atoms with Gasteiger partial charge in [0.15, 0.2) is 6.61 Å². The van der Waals surface area contributed by atoms with Gasteiger partial charge in [0.1, 0.15) is 5.75 Å². The minimum absolute atomic E-state index is 0.215. The molecule has 5 heteroatoms. The lowest BCUT2D eigenvalue weighted by Gasteiger charge is -2.12. The van der Waals surface area contributed by atoms with Crippen LogP contribution in [0, 0.1) is 0 Å². The van der Waals surface area contributed by atoms with Gasteiger partial charge in [0.2, 0.25) is 5.89 Å². The van der Waals surface area contributed by atoms with E-state index in [1.54, 1.807) is 0 Å². The summed E-state index contributed by atoms with van der Waals surface area (Å²) in [6.07, 6.45) is 0. The molecule has 0 saturated heterocycles. The number of nitrogens with zero attached hydrogens (tertiary/aromatic N) is 2. The number of aromatic nitrogens is 2. The predicted octanol–water partition coefficient (Wildman–Crippen LogP) is 3.50. The van der Waals surface area contributed by atoms with Crippen LogP contribution in [0.1, 0.15) is 30.3 Å². The van der Waals surface area contributed by atoms with Gasteiger partial charge in [-0.05, 0) is 24.6 Å². The summed E-state index contributed by atoms with van der Waals surface area (Å²) in [6.45, 7) is 2.89. The molecular formula is C18H19N3O2. The van der Waals surface area contributed by atoms with Gasteiger partial charge in [0.05, 0.1) is 6.54 Å². The molecule has 0 aliphatic rings. The van der Waals surface area contributed by atoms with Crippen LogP contribution in [0.5, 0.6) is 5.75 Å². The lowest BCUT2D eigenvalue weighted by molar-refractivity contribution is 0.257. The Balaban J connectivity index is 1.49. The van der Waals surface area contributed by atoms with Crippen molar-refractivity contribution in [3.63, 3.8) is 0 Å². The largest absolute Gasteiger partial charge is 0.484 e. The molecule has 1 aromatic heterocycles. The minimum Gasteiger partial charge on any atom is -0.484 e. The molecule has 3 rings (SSSR count). The Morgan fingerprint density at radius 1 is 0.957 bits per heavy atom. The molecule has 0 spiro atoms. The lowest BCUT2D eigenvalue weighted by Crippen LogP contribution is -2.18. The highest BCUT2D eigenvalue weighted by molar-refractivity contribution is 5.21. The summed E-state index contributed by atoms with van der Waals surface area (Å²) < 4.78 is 11.2. The summed E-state index contributed by atoms with van der Waals surface area (Å²) in [5, 5.41) is 11.4. The van der Waals surface area contributed by atoms with Crippen LogP contribution in [-0.2, 0) is 13.2 Å². The predicted molar refractivity (Wildman–Crippen MR) is 86.8 cm³/mol. The zero-order valence-corrected chi connectivity index (χ0v) is 13.0. The standard InChI is InChI=1S/C18H19N3O2/c1-14(15-8-4-2-5-9-15)19-12-17-20-21-18(23-17)13-22-16-10-6-3-7-11-16/h2-11,14,19H,12-13H2,1H3. The maximum Gasteiger partial charge on any atom is 0.253 e. The summed E-state index contributed by atoms with van der Waals surface area (Å²) in [5.41, 5.74) is 1.22. The molecule has 2 aromatic carbocycles. The number of ether oxygens (including phenoxy) is 1. The Labute approximate surface area is 135 Å². The summed E-state index contributed by atoms with van der Waals surface area (Å²) in [7, 11) is 0. The van der Waals surface area contributed by atoms with E-state index in [2.05, 4.69) is 34.6 Å². The summed E-state index contributed by atoms with van der Waals surface area (Å²) >= 11 is 0. The quantitative estimate of drug-likeness (QED) is 0.724. The van der Waals surface area contributed by atoms with Gasteiger partial charge in [0, 0.05) is 6.04 Å². The Kier molecular flexibility index (Phi) is 5.01. The monoisotopic (exact) mass is 309 g/mol. The van der Waals surface area contributed by atoms with Crippen LogP contribution >= 0.6 is 0 Å². The van der Waals surface area contributed by atoms with Gasteiger partial charge < -0.3 is 14.5 Å². The van der Waals surface area contributed by atoms with Crippen molar-refractivity contribution in [2.75, 3.05) is 0 Å².